The summed E-state index contributed by atoms with van der Waals surface area (Å²) in [7, 11) is 0. The van der Waals surface area contributed by atoms with Crippen molar-refractivity contribution in [1.82, 2.24) is 10.2 Å². The zero-order valence-corrected chi connectivity index (χ0v) is 11.1. The largest absolute Gasteiger partial charge is 0.481 e. The van der Waals surface area contributed by atoms with Crippen LogP contribution in [0.5, 0.6) is 0 Å². The number of rotatable bonds is 3. The van der Waals surface area contributed by atoms with Gasteiger partial charge >= 0.3 is 12.0 Å². The van der Waals surface area contributed by atoms with Gasteiger partial charge in [-0.2, -0.15) is 0 Å². The molecule has 2 amide bonds. The summed E-state index contributed by atoms with van der Waals surface area (Å²) in [6, 6.07) is 0.198. The minimum atomic E-state index is -0.776. The lowest BCUT2D eigenvalue weighted by molar-refractivity contribution is -0.152. The van der Waals surface area contributed by atoms with E-state index in [1.807, 2.05) is 6.92 Å². The maximum atomic E-state index is 12.0. The number of hydrogen-bond acceptors (Lipinski definition) is 2. The Hall–Kier alpha value is -1.26. The highest BCUT2D eigenvalue weighted by atomic mass is 16.4. The van der Waals surface area contributed by atoms with Crippen molar-refractivity contribution in [2.45, 2.75) is 45.6 Å². The molecule has 0 aromatic rings. The van der Waals surface area contributed by atoms with Gasteiger partial charge in [0.25, 0.3) is 0 Å². The Morgan fingerprint density at radius 2 is 2.17 bits per heavy atom. The first-order valence-electron chi connectivity index (χ1n) is 6.77. The van der Waals surface area contributed by atoms with E-state index in [0.717, 1.165) is 12.8 Å². The van der Waals surface area contributed by atoms with Crippen molar-refractivity contribution >= 4 is 12.0 Å². The molecule has 5 heteroatoms. The van der Waals surface area contributed by atoms with Crippen LogP contribution in [0.15, 0.2) is 0 Å². The minimum absolute atomic E-state index is 0.0943. The van der Waals surface area contributed by atoms with Crippen LogP contribution in [0.25, 0.3) is 0 Å². The van der Waals surface area contributed by atoms with Crippen LogP contribution in [-0.4, -0.2) is 41.1 Å². The summed E-state index contributed by atoms with van der Waals surface area (Å²) in [6.45, 7) is 5.00. The number of carboxylic acids is 1. The van der Waals surface area contributed by atoms with Gasteiger partial charge in [0.2, 0.25) is 0 Å². The van der Waals surface area contributed by atoms with E-state index < -0.39 is 11.4 Å². The highest BCUT2D eigenvalue weighted by Gasteiger charge is 2.43. The fraction of sp³-hybridized carbons (Fsp3) is 0.846. The van der Waals surface area contributed by atoms with Crippen LogP contribution in [0.2, 0.25) is 0 Å². The molecule has 2 aliphatic rings. The first-order chi connectivity index (χ1) is 8.48. The topological polar surface area (TPSA) is 69.6 Å². The Balaban J connectivity index is 1.97. The molecule has 1 aliphatic heterocycles. The number of carbonyl (C=O) groups excluding carboxylic acids is 1. The first-order valence-corrected chi connectivity index (χ1v) is 6.77. The number of carbonyl (C=O) groups is 2. The molecule has 1 saturated carbocycles. The Morgan fingerprint density at radius 3 is 2.67 bits per heavy atom. The van der Waals surface area contributed by atoms with E-state index in [1.165, 1.54) is 0 Å². The molecule has 3 unspecified atom stereocenters. The molecule has 2 fully saturated rings. The summed E-state index contributed by atoms with van der Waals surface area (Å²) in [5.74, 6) is -0.212. The summed E-state index contributed by atoms with van der Waals surface area (Å²) in [6.07, 6.45) is 3.06. The Morgan fingerprint density at radius 1 is 1.50 bits per heavy atom. The molecule has 1 heterocycles. The van der Waals surface area contributed by atoms with Crippen molar-refractivity contribution in [2.75, 3.05) is 13.1 Å². The van der Waals surface area contributed by atoms with E-state index in [-0.39, 0.29) is 6.03 Å². The van der Waals surface area contributed by atoms with Crippen molar-refractivity contribution < 1.29 is 14.7 Å². The number of nitrogens with one attached hydrogen (secondary N) is 1. The van der Waals surface area contributed by atoms with Gasteiger partial charge in [-0.15, -0.1) is 0 Å². The van der Waals surface area contributed by atoms with E-state index >= 15 is 0 Å². The molecule has 2 N–H and O–H groups in total. The lowest BCUT2D eigenvalue weighted by Gasteiger charge is -2.39. The molecular formula is C13H22N2O3. The SMILES string of the molecule is CCC1(C(=O)O)CCCN(C(=O)NC2CC2C)C1. The maximum absolute atomic E-state index is 12.0. The molecule has 0 radical (unpaired) electrons. The predicted octanol–water partition coefficient (Wildman–Crippen LogP) is 1.68. The van der Waals surface area contributed by atoms with E-state index in [1.54, 1.807) is 4.90 Å². The quantitative estimate of drug-likeness (QED) is 0.805. The predicted molar refractivity (Wildman–Crippen MR) is 67.3 cm³/mol. The molecule has 1 aliphatic carbocycles. The van der Waals surface area contributed by atoms with Crippen molar-refractivity contribution in [2.24, 2.45) is 11.3 Å². The zero-order chi connectivity index (χ0) is 13.3. The molecule has 0 aromatic carbocycles. The third kappa shape index (κ3) is 2.44. The second kappa shape index (κ2) is 4.78. The summed E-state index contributed by atoms with van der Waals surface area (Å²) in [5, 5.41) is 12.3. The van der Waals surface area contributed by atoms with Crippen LogP contribution < -0.4 is 5.32 Å². The summed E-state index contributed by atoms with van der Waals surface area (Å²) >= 11 is 0. The average Bonchev–Trinajstić information content (AvgIpc) is 3.04. The maximum Gasteiger partial charge on any atom is 0.317 e. The van der Waals surface area contributed by atoms with Gasteiger partial charge in [0.15, 0.2) is 0 Å². The average molecular weight is 254 g/mol. The second-order valence-corrected chi connectivity index (χ2v) is 5.73. The third-order valence-corrected chi connectivity index (χ3v) is 4.41. The lowest BCUT2D eigenvalue weighted by atomic mass is 9.78. The third-order valence-electron chi connectivity index (χ3n) is 4.41. The minimum Gasteiger partial charge on any atom is -0.481 e. The Bertz CT molecular complexity index is 358. The van der Waals surface area contributed by atoms with E-state index in [0.29, 0.717) is 37.9 Å². The molecule has 3 atom stereocenters. The molecule has 0 bridgehead atoms. The highest BCUT2D eigenvalue weighted by Crippen LogP contribution is 2.34. The van der Waals surface area contributed by atoms with Crippen LogP contribution in [0.1, 0.15) is 39.5 Å². The van der Waals surface area contributed by atoms with Crippen molar-refractivity contribution in [3.05, 3.63) is 0 Å². The van der Waals surface area contributed by atoms with Gasteiger partial charge in [-0.05, 0) is 31.6 Å². The van der Waals surface area contributed by atoms with Crippen molar-refractivity contribution in [3.8, 4) is 0 Å². The summed E-state index contributed by atoms with van der Waals surface area (Å²) < 4.78 is 0. The van der Waals surface area contributed by atoms with E-state index in [2.05, 4.69) is 12.2 Å². The van der Waals surface area contributed by atoms with Crippen molar-refractivity contribution in [1.29, 1.82) is 0 Å². The van der Waals surface area contributed by atoms with Gasteiger partial charge in [-0.1, -0.05) is 13.8 Å². The molecule has 5 nitrogen and oxygen atoms in total. The number of aliphatic carboxylic acids is 1. The summed E-state index contributed by atoms with van der Waals surface area (Å²) in [5.41, 5.74) is -0.745. The van der Waals surface area contributed by atoms with Crippen molar-refractivity contribution in [3.63, 3.8) is 0 Å². The molecule has 18 heavy (non-hydrogen) atoms. The molecule has 0 aromatic heterocycles. The number of amides is 2. The Labute approximate surface area is 108 Å². The van der Waals surface area contributed by atoms with Crippen LogP contribution in [0, 0.1) is 11.3 Å². The van der Waals surface area contributed by atoms with Gasteiger partial charge in [-0.25, -0.2) is 4.79 Å². The van der Waals surface area contributed by atoms with Gasteiger partial charge in [0, 0.05) is 19.1 Å². The van der Waals surface area contributed by atoms with Crippen LogP contribution in [0.4, 0.5) is 4.79 Å². The second-order valence-electron chi connectivity index (χ2n) is 5.73. The smallest absolute Gasteiger partial charge is 0.317 e. The molecule has 2 rings (SSSR count). The lowest BCUT2D eigenvalue weighted by Crippen LogP contribution is -2.52. The standard InChI is InChI=1S/C13H22N2O3/c1-3-13(11(16)17)5-4-6-15(8-13)12(18)14-10-7-9(10)2/h9-10H,3-8H2,1-2H3,(H,14,18)(H,16,17). The van der Waals surface area contributed by atoms with Gasteiger partial charge in [0.05, 0.1) is 5.41 Å². The molecule has 102 valence electrons. The van der Waals surface area contributed by atoms with Crippen LogP contribution in [0.3, 0.4) is 0 Å². The molecule has 0 spiro atoms. The van der Waals surface area contributed by atoms with E-state index in [4.69, 9.17) is 0 Å². The van der Waals surface area contributed by atoms with Crippen LogP contribution in [-0.2, 0) is 4.79 Å². The number of carboxylic acid groups (broad SMARTS) is 1. The normalized spacial score (nSPS) is 35.1. The first kappa shape index (κ1) is 13.2. The fourth-order valence-corrected chi connectivity index (χ4v) is 2.69. The van der Waals surface area contributed by atoms with Gasteiger partial charge in [-0.3, -0.25) is 4.79 Å². The molecule has 1 saturated heterocycles. The number of piperidine rings is 1. The number of urea groups is 1. The number of hydrogen-bond donors (Lipinski definition) is 2. The monoisotopic (exact) mass is 254 g/mol. The molecular weight excluding hydrogens is 232 g/mol. The number of nitrogens with zero attached hydrogens (tertiary/aromatic N) is 1. The zero-order valence-electron chi connectivity index (χ0n) is 11.1. The van der Waals surface area contributed by atoms with Gasteiger partial charge in [0.1, 0.15) is 0 Å². The van der Waals surface area contributed by atoms with E-state index in [9.17, 15) is 14.7 Å². The Kier molecular flexibility index (Phi) is 3.50. The fourth-order valence-electron chi connectivity index (χ4n) is 2.69. The van der Waals surface area contributed by atoms with Gasteiger partial charge < -0.3 is 15.3 Å². The number of likely N-dealkylation sites (tertiary alicyclic amines) is 1. The highest BCUT2D eigenvalue weighted by molar-refractivity contribution is 5.79. The summed E-state index contributed by atoms with van der Waals surface area (Å²) in [4.78, 5) is 25.1. The van der Waals surface area contributed by atoms with Crippen LogP contribution >= 0.6 is 0 Å².